The molecule has 176 valence electrons. The van der Waals surface area contributed by atoms with E-state index < -0.39 is 0 Å². The van der Waals surface area contributed by atoms with E-state index in [1.54, 1.807) is 11.8 Å². The Kier molecular flexibility index (Phi) is 6.10. The lowest BCUT2D eigenvalue weighted by molar-refractivity contribution is 0.414. The van der Waals surface area contributed by atoms with E-state index in [-0.39, 0.29) is 5.56 Å². The molecule has 0 unspecified atom stereocenters. The monoisotopic (exact) mass is 464 g/mol. The number of methoxy groups -OCH3 is 1. The second kappa shape index (κ2) is 9.50. The van der Waals surface area contributed by atoms with Crippen LogP contribution in [0.4, 0.5) is 0 Å². The van der Waals surface area contributed by atoms with Gasteiger partial charge in [-0.25, -0.2) is 4.68 Å². The van der Waals surface area contributed by atoms with Crippen LogP contribution in [0.25, 0.3) is 27.8 Å². The summed E-state index contributed by atoms with van der Waals surface area (Å²) in [5.41, 5.74) is 7.20. The minimum atomic E-state index is -0.127. The average Bonchev–Trinajstić information content (AvgIpc) is 3.45. The SMILES string of the molecule is COc1ccc(-n2[nH]c(-c3ccccc3)c(C(C)=NCCc3c[nH]c4ccc(C)cc34)c2=O)cc1. The first-order chi connectivity index (χ1) is 17.0. The van der Waals surface area contributed by atoms with Crippen LogP contribution in [0.2, 0.25) is 0 Å². The number of H-pyrrole nitrogens is 2. The molecule has 0 aliphatic heterocycles. The Hall–Kier alpha value is -4.32. The minimum Gasteiger partial charge on any atom is -0.497 e. The molecule has 5 rings (SSSR count). The number of rotatable bonds is 7. The maximum absolute atomic E-state index is 13.6. The number of hydrogen-bond donors (Lipinski definition) is 2. The van der Waals surface area contributed by atoms with Gasteiger partial charge in [0.2, 0.25) is 0 Å². The van der Waals surface area contributed by atoms with Crippen molar-refractivity contribution in [2.75, 3.05) is 13.7 Å². The molecule has 6 nitrogen and oxygen atoms in total. The molecule has 0 saturated carbocycles. The summed E-state index contributed by atoms with van der Waals surface area (Å²) in [5, 5.41) is 4.54. The van der Waals surface area contributed by atoms with Crippen molar-refractivity contribution in [1.82, 2.24) is 14.8 Å². The molecule has 0 fully saturated rings. The van der Waals surface area contributed by atoms with Crippen molar-refractivity contribution in [2.45, 2.75) is 20.3 Å². The number of ether oxygens (including phenoxy) is 1. The number of nitrogens with one attached hydrogen (secondary N) is 2. The molecule has 2 N–H and O–H groups in total. The van der Waals surface area contributed by atoms with Gasteiger partial charge in [0, 0.05) is 34.9 Å². The van der Waals surface area contributed by atoms with Crippen LogP contribution in [0.3, 0.4) is 0 Å². The van der Waals surface area contributed by atoms with Crippen LogP contribution in [0.15, 0.2) is 88.8 Å². The number of nitrogens with zero attached hydrogens (tertiary/aromatic N) is 2. The third-order valence-electron chi connectivity index (χ3n) is 6.30. The second-order valence-electron chi connectivity index (χ2n) is 8.65. The van der Waals surface area contributed by atoms with Gasteiger partial charge in [-0.15, -0.1) is 0 Å². The van der Waals surface area contributed by atoms with E-state index in [0.29, 0.717) is 17.8 Å². The van der Waals surface area contributed by atoms with Gasteiger partial charge >= 0.3 is 0 Å². The fourth-order valence-electron chi connectivity index (χ4n) is 4.42. The Balaban J connectivity index is 1.50. The maximum atomic E-state index is 13.6. The molecule has 0 bridgehead atoms. The van der Waals surface area contributed by atoms with Gasteiger partial charge in [-0.3, -0.25) is 14.9 Å². The van der Waals surface area contributed by atoms with Gasteiger partial charge in [-0.2, -0.15) is 0 Å². The van der Waals surface area contributed by atoms with Gasteiger partial charge in [-0.1, -0.05) is 42.0 Å². The van der Waals surface area contributed by atoms with Gasteiger partial charge in [0.25, 0.3) is 5.56 Å². The zero-order chi connectivity index (χ0) is 24.4. The Morgan fingerprint density at radius 1 is 1.03 bits per heavy atom. The number of benzene rings is 3. The summed E-state index contributed by atoms with van der Waals surface area (Å²) in [4.78, 5) is 21.7. The summed E-state index contributed by atoms with van der Waals surface area (Å²) in [6.45, 7) is 4.60. The highest BCUT2D eigenvalue weighted by Crippen LogP contribution is 2.23. The van der Waals surface area contributed by atoms with Crippen molar-refractivity contribution in [3.05, 3.63) is 106 Å². The number of aryl methyl sites for hydroxylation is 1. The Morgan fingerprint density at radius 2 is 1.80 bits per heavy atom. The fourth-order valence-corrected chi connectivity index (χ4v) is 4.42. The van der Waals surface area contributed by atoms with Crippen molar-refractivity contribution in [3.63, 3.8) is 0 Å². The normalized spacial score (nSPS) is 11.8. The maximum Gasteiger partial charge on any atom is 0.280 e. The van der Waals surface area contributed by atoms with E-state index in [0.717, 1.165) is 34.6 Å². The van der Waals surface area contributed by atoms with Crippen LogP contribution in [0.1, 0.15) is 23.6 Å². The highest BCUT2D eigenvalue weighted by Gasteiger charge is 2.19. The molecule has 6 heteroatoms. The van der Waals surface area contributed by atoms with E-state index in [9.17, 15) is 4.79 Å². The predicted octanol–water partition coefficient (Wildman–Crippen LogP) is 5.68. The largest absolute Gasteiger partial charge is 0.497 e. The van der Waals surface area contributed by atoms with Crippen molar-refractivity contribution in [2.24, 2.45) is 4.99 Å². The summed E-state index contributed by atoms with van der Waals surface area (Å²) in [6, 6.07) is 23.7. The highest BCUT2D eigenvalue weighted by molar-refractivity contribution is 6.03. The Morgan fingerprint density at radius 3 is 2.54 bits per heavy atom. The molecule has 35 heavy (non-hydrogen) atoms. The molecule has 0 spiro atoms. The van der Waals surface area contributed by atoms with Crippen LogP contribution in [-0.4, -0.2) is 34.1 Å². The number of hydrogen-bond acceptors (Lipinski definition) is 3. The van der Waals surface area contributed by atoms with Gasteiger partial charge in [-0.05, 0) is 62.2 Å². The Bertz CT molecular complexity index is 1550. The topological polar surface area (TPSA) is 75.2 Å². The van der Waals surface area contributed by atoms with Crippen LogP contribution in [0.5, 0.6) is 5.75 Å². The van der Waals surface area contributed by atoms with E-state index in [4.69, 9.17) is 9.73 Å². The molecule has 2 heterocycles. The van der Waals surface area contributed by atoms with E-state index in [1.165, 1.54) is 16.5 Å². The predicted molar refractivity (Wildman–Crippen MR) is 142 cm³/mol. The molecule has 3 aromatic carbocycles. The van der Waals surface area contributed by atoms with E-state index in [2.05, 4.69) is 41.4 Å². The van der Waals surface area contributed by atoms with Crippen molar-refractivity contribution in [1.29, 1.82) is 0 Å². The molecule has 0 saturated heterocycles. The van der Waals surface area contributed by atoms with Crippen LogP contribution in [0, 0.1) is 6.92 Å². The number of fused-ring (bicyclic) bond motifs is 1. The zero-order valence-corrected chi connectivity index (χ0v) is 20.1. The quantitative estimate of drug-likeness (QED) is 0.304. The third kappa shape index (κ3) is 4.43. The van der Waals surface area contributed by atoms with Crippen LogP contribution < -0.4 is 10.3 Å². The summed E-state index contributed by atoms with van der Waals surface area (Å²) in [6.07, 6.45) is 2.84. The molecule has 0 aliphatic rings. The minimum absolute atomic E-state index is 0.127. The summed E-state index contributed by atoms with van der Waals surface area (Å²) < 4.78 is 6.83. The van der Waals surface area contributed by atoms with Crippen molar-refractivity contribution in [3.8, 4) is 22.7 Å². The third-order valence-corrected chi connectivity index (χ3v) is 6.30. The molecular weight excluding hydrogens is 436 g/mol. The molecule has 2 aromatic heterocycles. The number of aromatic amines is 2. The summed E-state index contributed by atoms with van der Waals surface area (Å²) >= 11 is 0. The second-order valence-corrected chi connectivity index (χ2v) is 8.65. The van der Waals surface area contributed by atoms with E-state index in [1.807, 2.05) is 61.5 Å². The fraction of sp³-hybridized carbons (Fsp3) is 0.172. The molecule has 5 aromatic rings. The van der Waals surface area contributed by atoms with Gasteiger partial charge in [0.15, 0.2) is 0 Å². The smallest absolute Gasteiger partial charge is 0.280 e. The first-order valence-electron chi connectivity index (χ1n) is 11.7. The van der Waals surface area contributed by atoms with E-state index >= 15 is 0 Å². The van der Waals surface area contributed by atoms with Crippen molar-refractivity contribution < 1.29 is 4.74 Å². The highest BCUT2D eigenvalue weighted by atomic mass is 16.5. The lowest BCUT2D eigenvalue weighted by Gasteiger charge is -2.04. The lowest BCUT2D eigenvalue weighted by Crippen LogP contribution is -2.19. The first-order valence-corrected chi connectivity index (χ1v) is 11.7. The lowest BCUT2D eigenvalue weighted by atomic mass is 10.0. The Labute approximate surface area is 203 Å². The molecule has 0 aliphatic carbocycles. The summed E-state index contributed by atoms with van der Waals surface area (Å²) in [7, 11) is 1.62. The number of aromatic nitrogens is 3. The molecule has 0 atom stereocenters. The molecule has 0 radical (unpaired) electrons. The van der Waals surface area contributed by atoms with Gasteiger partial charge in [0.05, 0.1) is 24.1 Å². The molecular formula is C29H28N4O2. The van der Waals surface area contributed by atoms with Crippen LogP contribution >= 0.6 is 0 Å². The number of aliphatic imine (C=N–C) groups is 1. The zero-order valence-electron chi connectivity index (χ0n) is 20.1. The van der Waals surface area contributed by atoms with Crippen LogP contribution in [-0.2, 0) is 6.42 Å². The average molecular weight is 465 g/mol. The first kappa shape index (κ1) is 22.5. The summed E-state index contributed by atoms with van der Waals surface area (Å²) in [5.74, 6) is 0.738. The standard InChI is InChI=1S/C29H28N4O2/c1-19-9-14-26-25(17-19)22(18-31-26)15-16-30-20(2)27-28(21-7-5-4-6-8-21)32-33(29(27)34)23-10-12-24(35-3)13-11-23/h4-14,17-18,31-32H,15-16H2,1-3H3. The van der Waals surface area contributed by atoms with Gasteiger partial charge < -0.3 is 9.72 Å². The van der Waals surface area contributed by atoms with Crippen molar-refractivity contribution >= 4 is 16.6 Å². The molecule has 0 amide bonds. The van der Waals surface area contributed by atoms with Gasteiger partial charge in [0.1, 0.15) is 5.75 Å².